The maximum atomic E-state index is 11.7. The molecule has 2 rings (SSSR count). The van der Waals surface area contributed by atoms with Gasteiger partial charge in [0.1, 0.15) is 0 Å². The van der Waals surface area contributed by atoms with E-state index in [0.29, 0.717) is 11.5 Å². The summed E-state index contributed by atoms with van der Waals surface area (Å²) in [5.74, 6) is -0.195. The van der Waals surface area contributed by atoms with Gasteiger partial charge in [-0.1, -0.05) is 11.8 Å². The molecule has 0 unspecified atom stereocenters. The average Bonchev–Trinajstić information content (AvgIpc) is 2.96. The van der Waals surface area contributed by atoms with E-state index in [0.717, 1.165) is 11.8 Å². The number of carbonyl (C=O) groups is 2. The van der Waals surface area contributed by atoms with E-state index in [2.05, 4.69) is 25.2 Å². The summed E-state index contributed by atoms with van der Waals surface area (Å²) in [6.45, 7) is 1.61. The number of amides is 2. The van der Waals surface area contributed by atoms with Crippen LogP contribution in [0.1, 0.15) is 6.92 Å². The number of hydrogen-bond donors (Lipinski definition) is 1. The Balaban J connectivity index is 1.99. The van der Waals surface area contributed by atoms with Crippen molar-refractivity contribution in [1.82, 2.24) is 20.5 Å². The van der Waals surface area contributed by atoms with Crippen LogP contribution in [0.3, 0.4) is 0 Å². The number of nitrogens with zero attached hydrogens (tertiary/aromatic N) is 3. The molecule has 0 aliphatic rings. The summed E-state index contributed by atoms with van der Waals surface area (Å²) < 4.78 is 9.77. The summed E-state index contributed by atoms with van der Waals surface area (Å²) in [6.07, 6.45) is 2.42. The minimum absolute atomic E-state index is 0.223. The van der Waals surface area contributed by atoms with Gasteiger partial charge in [-0.2, -0.15) is 0 Å². The first-order valence-electron chi connectivity index (χ1n) is 5.89. The van der Waals surface area contributed by atoms with Gasteiger partial charge >= 0.3 is 6.09 Å². The molecule has 2 aromatic heterocycles. The van der Waals surface area contributed by atoms with Crippen LogP contribution in [0, 0.1) is 0 Å². The molecule has 2 amide bonds. The summed E-state index contributed by atoms with van der Waals surface area (Å²) in [5.41, 5.74) is 0.684. The Kier molecular flexibility index (Phi) is 4.88. The summed E-state index contributed by atoms with van der Waals surface area (Å²) >= 11 is 1.04. The maximum absolute atomic E-state index is 11.7. The Morgan fingerprint density at radius 3 is 2.90 bits per heavy atom. The number of ether oxygens (including phenoxy) is 1. The molecule has 1 atom stereocenters. The third kappa shape index (κ3) is 4.02. The van der Waals surface area contributed by atoms with Crippen molar-refractivity contribution in [3.8, 4) is 11.5 Å². The monoisotopic (exact) mass is 308 g/mol. The van der Waals surface area contributed by atoms with Gasteiger partial charge in [0.15, 0.2) is 0 Å². The highest BCUT2D eigenvalue weighted by atomic mass is 32.2. The Morgan fingerprint density at radius 1 is 1.43 bits per heavy atom. The highest BCUT2D eigenvalue weighted by Crippen LogP contribution is 2.25. The lowest BCUT2D eigenvalue weighted by Gasteiger charge is -2.07. The lowest BCUT2D eigenvalue weighted by molar-refractivity contribution is -0.119. The smallest absolute Gasteiger partial charge is 0.413 e. The van der Waals surface area contributed by atoms with E-state index in [4.69, 9.17) is 4.42 Å². The SMILES string of the molecule is COC(=O)NC(=O)[C@@H](C)Sc1nnc(-c2cccnc2)o1. The number of imide groups is 1. The molecular formula is C12H12N4O4S. The molecule has 0 radical (unpaired) electrons. The molecule has 0 fully saturated rings. The maximum Gasteiger partial charge on any atom is 0.413 e. The Morgan fingerprint density at radius 2 is 2.24 bits per heavy atom. The third-order valence-corrected chi connectivity index (χ3v) is 3.31. The third-order valence-electron chi connectivity index (χ3n) is 2.37. The molecule has 2 heterocycles. The van der Waals surface area contributed by atoms with E-state index in [9.17, 15) is 9.59 Å². The van der Waals surface area contributed by atoms with Crippen LogP contribution in [0.15, 0.2) is 34.2 Å². The first-order chi connectivity index (χ1) is 10.1. The number of nitrogens with one attached hydrogen (secondary N) is 1. The molecule has 2 aromatic rings. The van der Waals surface area contributed by atoms with Gasteiger partial charge in [0.25, 0.3) is 5.22 Å². The van der Waals surface area contributed by atoms with E-state index in [1.807, 2.05) is 0 Å². The molecule has 0 spiro atoms. The molecule has 0 aromatic carbocycles. The van der Waals surface area contributed by atoms with Crippen molar-refractivity contribution >= 4 is 23.8 Å². The van der Waals surface area contributed by atoms with Crippen LogP contribution < -0.4 is 5.32 Å². The molecule has 9 heteroatoms. The fourth-order valence-corrected chi connectivity index (χ4v) is 2.00. The van der Waals surface area contributed by atoms with Crippen molar-refractivity contribution in [1.29, 1.82) is 0 Å². The van der Waals surface area contributed by atoms with Crippen LogP contribution in [-0.2, 0) is 9.53 Å². The topological polar surface area (TPSA) is 107 Å². The summed E-state index contributed by atoms with van der Waals surface area (Å²) in [5, 5.41) is 9.41. The van der Waals surface area contributed by atoms with Crippen LogP contribution in [0.25, 0.3) is 11.5 Å². The number of aromatic nitrogens is 3. The van der Waals surface area contributed by atoms with Gasteiger partial charge in [0.05, 0.1) is 17.9 Å². The second kappa shape index (κ2) is 6.84. The fourth-order valence-electron chi connectivity index (χ4n) is 1.32. The van der Waals surface area contributed by atoms with Gasteiger partial charge in [0, 0.05) is 12.4 Å². The van der Waals surface area contributed by atoms with Gasteiger partial charge in [-0.25, -0.2) is 4.79 Å². The molecule has 1 N–H and O–H groups in total. The molecule has 110 valence electrons. The number of hydrogen-bond acceptors (Lipinski definition) is 8. The lowest BCUT2D eigenvalue weighted by Crippen LogP contribution is -2.35. The first-order valence-corrected chi connectivity index (χ1v) is 6.77. The number of methoxy groups -OCH3 is 1. The Hall–Kier alpha value is -2.42. The predicted octanol–water partition coefficient (Wildman–Crippen LogP) is 1.49. The van der Waals surface area contributed by atoms with Crippen molar-refractivity contribution in [3.05, 3.63) is 24.5 Å². The van der Waals surface area contributed by atoms with E-state index < -0.39 is 17.3 Å². The minimum atomic E-state index is -0.811. The standard InChI is InChI=1S/C12H12N4O4S/c1-7(9(17)14-11(18)19-2)21-12-16-15-10(20-12)8-4-3-5-13-6-8/h3-7H,1-2H3,(H,14,17,18)/t7-/m1/s1. The number of pyridine rings is 1. The van der Waals surface area contributed by atoms with E-state index in [1.165, 1.54) is 7.11 Å². The Labute approximate surface area is 124 Å². The zero-order chi connectivity index (χ0) is 15.2. The van der Waals surface area contributed by atoms with Crippen LogP contribution in [-0.4, -0.2) is 39.5 Å². The Bertz CT molecular complexity index is 631. The van der Waals surface area contributed by atoms with Crippen LogP contribution in [0.5, 0.6) is 0 Å². The van der Waals surface area contributed by atoms with Crippen molar-refractivity contribution in [2.45, 2.75) is 17.4 Å². The molecule has 0 aliphatic heterocycles. The zero-order valence-corrected chi connectivity index (χ0v) is 12.1. The van der Waals surface area contributed by atoms with E-state index in [-0.39, 0.29) is 5.22 Å². The van der Waals surface area contributed by atoms with E-state index in [1.54, 1.807) is 31.5 Å². The molecule has 0 saturated carbocycles. The van der Waals surface area contributed by atoms with Gasteiger partial charge in [-0.3, -0.25) is 15.1 Å². The second-order valence-electron chi connectivity index (χ2n) is 3.86. The summed E-state index contributed by atoms with van der Waals surface area (Å²) in [4.78, 5) is 26.6. The van der Waals surface area contributed by atoms with Crippen LogP contribution in [0.2, 0.25) is 0 Å². The van der Waals surface area contributed by atoms with Crippen molar-refractivity contribution in [2.75, 3.05) is 7.11 Å². The summed E-state index contributed by atoms with van der Waals surface area (Å²) in [6, 6.07) is 3.53. The number of carbonyl (C=O) groups excluding carboxylic acids is 2. The second-order valence-corrected chi connectivity index (χ2v) is 5.15. The van der Waals surface area contributed by atoms with Gasteiger partial charge < -0.3 is 9.15 Å². The molecular weight excluding hydrogens is 296 g/mol. The average molecular weight is 308 g/mol. The molecule has 0 aliphatic carbocycles. The first kappa shape index (κ1) is 15.0. The van der Waals surface area contributed by atoms with Gasteiger partial charge in [0.2, 0.25) is 11.8 Å². The molecule has 0 saturated heterocycles. The largest absolute Gasteiger partial charge is 0.453 e. The van der Waals surface area contributed by atoms with Gasteiger partial charge in [-0.05, 0) is 19.1 Å². The quantitative estimate of drug-likeness (QED) is 0.847. The van der Waals surface area contributed by atoms with Crippen molar-refractivity contribution < 1.29 is 18.7 Å². The fraction of sp³-hybridized carbons (Fsp3) is 0.250. The van der Waals surface area contributed by atoms with Crippen molar-refractivity contribution in [3.63, 3.8) is 0 Å². The highest BCUT2D eigenvalue weighted by molar-refractivity contribution is 8.00. The normalized spacial score (nSPS) is 11.7. The van der Waals surface area contributed by atoms with Gasteiger partial charge in [-0.15, -0.1) is 10.2 Å². The molecule has 0 bridgehead atoms. The van der Waals surface area contributed by atoms with Crippen molar-refractivity contribution in [2.24, 2.45) is 0 Å². The predicted molar refractivity (Wildman–Crippen MR) is 73.4 cm³/mol. The van der Waals surface area contributed by atoms with Crippen LogP contribution in [0.4, 0.5) is 4.79 Å². The highest BCUT2D eigenvalue weighted by Gasteiger charge is 2.20. The molecule has 21 heavy (non-hydrogen) atoms. The van der Waals surface area contributed by atoms with E-state index >= 15 is 0 Å². The number of alkyl carbamates (subject to hydrolysis) is 1. The molecule has 8 nitrogen and oxygen atoms in total. The van der Waals surface area contributed by atoms with Crippen LogP contribution >= 0.6 is 11.8 Å². The lowest BCUT2D eigenvalue weighted by atomic mass is 10.3. The summed E-state index contributed by atoms with van der Waals surface area (Å²) in [7, 11) is 1.18. The minimum Gasteiger partial charge on any atom is -0.453 e. The number of rotatable bonds is 4. The number of thioether (sulfide) groups is 1. The zero-order valence-electron chi connectivity index (χ0n) is 11.3.